The van der Waals surface area contributed by atoms with Crippen LogP contribution in [0.1, 0.15) is 20.7 Å². The Morgan fingerprint density at radius 1 is 0.722 bits per heavy atom. The van der Waals surface area contributed by atoms with E-state index >= 15 is 0 Å². The molecule has 4 heteroatoms. The second-order valence-corrected chi connectivity index (χ2v) is 3.98. The van der Waals surface area contributed by atoms with Gasteiger partial charge < -0.3 is 9.47 Å². The van der Waals surface area contributed by atoms with Gasteiger partial charge in [0.25, 0.3) is 0 Å². The summed E-state index contributed by atoms with van der Waals surface area (Å²) >= 11 is 0. The van der Waals surface area contributed by atoms with Crippen LogP contribution in [-0.2, 0) is 9.47 Å². The Kier molecular flexibility index (Phi) is 2.48. The van der Waals surface area contributed by atoms with Gasteiger partial charge in [-0.2, -0.15) is 0 Å². The molecule has 0 spiro atoms. The number of esters is 2. The molecule has 0 atom stereocenters. The number of carbonyl (C=O) groups is 2. The molecule has 1 aliphatic rings. The fourth-order valence-electron chi connectivity index (χ4n) is 2.09. The fraction of sp³-hybridized carbons (Fsp3) is 0.143. The molecule has 0 aromatic heterocycles. The van der Waals surface area contributed by atoms with Crippen LogP contribution in [-0.4, -0.2) is 25.2 Å². The van der Waals surface area contributed by atoms with E-state index in [0.29, 0.717) is 21.9 Å². The van der Waals surface area contributed by atoms with E-state index in [0.717, 1.165) is 0 Å². The molecule has 0 radical (unpaired) electrons. The zero-order valence-corrected chi connectivity index (χ0v) is 9.51. The van der Waals surface area contributed by atoms with Gasteiger partial charge in [0.1, 0.15) is 13.2 Å². The van der Waals surface area contributed by atoms with Crippen molar-refractivity contribution in [2.24, 2.45) is 0 Å². The van der Waals surface area contributed by atoms with Gasteiger partial charge in [0.2, 0.25) is 0 Å². The van der Waals surface area contributed by atoms with Crippen LogP contribution >= 0.6 is 0 Å². The lowest BCUT2D eigenvalue weighted by Gasteiger charge is -2.13. The molecule has 0 saturated carbocycles. The predicted octanol–water partition coefficient (Wildman–Crippen LogP) is 2.17. The topological polar surface area (TPSA) is 52.6 Å². The van der Waals surface area contributed by atoms with Gasteiger partial charge in [-0.05, 0) is 22.9 Å². The Hall–Kier alpha value is -2.36. The molecule has 90 valence electrons. The van der Waals surface area contributed by atoms with Crippen LogP contribution < -0.4 is 0 Å². The van der Waals surface area contributed by atoms with E-state index in [1.807, 2.05) is 0 Å². The highest BCUT2D eigenvalue weighted by atomic mass is 16.6. The van der Waals surface area contributed by atoms with Crippen molar-refractivity contribution in [3.8, 4) is 0 Å². The summed E-state index contributed by atoms with van der Waals surface area (Å²) < 4.78 is 10.1. The highest BCUT2D eigenvalue weighted by molar-refractivity contribution is 6.11. The lowest BCUT2D eigenvalue weighted by molar-refractivity contribution is 0.0266. The molecule has 4 nitrogen and oxygen atoms in total. The number of hydrogen-bond donors (Lipinski definition) is 0. The van der Waals surface area contributed by atoms with E-state index in [9.17, 15) is 9.59 Å². The molecule has 1 aliphatic heterocycles. The zero-order chi connectivity index (χ0) is 12.5. The summed E-state index contributed by atoms with van der Waals surface area (Å²) in [5, 5.41) is 1.41. The van der Waals surface area contributed by atoms with Crippen LogP contribution in [0.3, 0.4) is 0 Å². The highest BCUT2D eigenvalue weighted by Crippen LogP contribution is 2.24. The minimum atomic E-state index is -0.393. The zero-order valence-electron chi connectivity index (χ0n) is 9.51. The first-order valence-corrected chi connectivity index (χ1v) is 5.63. The molecule has 0 aliphatic carbocycles. The molecule has 0 saturated heterocycles. The van der Waals surface area contributed by atoms with E-state index in [1.165, 1.54) is 0 Å². The summed E-state index contributed by atoms with van der Waals surface area (Å²) in [6.07, 6.45) is 0. The summed E-state index contributed by atoms with van der Waals surface area (Å²) in [7, 11) is 0. The van der Waals surface area contributed by atoms with Crippen molar-refractivity contribution in [3.63, 3.8) is 0 Å². The monoisotopic (exact) mass is 242 g/mol. The Labute approximate surface area is 103 Å². The van der Waals surface area contributed by atoms with Gasteiger partial charge in [-0.1, -0.05) is 24.3 Å². The third-order valence-corrected chi connectivity index (χ3v) is 2.91. The van der Waals surface area contributed by atoms with Gasteiger partial charge in [-0.25, -0.2) is 9.59 Å². The number of cyclic esters (lactones) is 2. The summed E-state index contributed by atoms with van der Waals surface area (Å²) in [6.45, 7) is 0.149. The van der Waals surface area contributed by atoms with E-state index in [-0.39, 0.29) is 13.2 Å². The first-order valence-electron chi connectivity index (χ1n) is 5.63. The van der Waals surface area contributed by atoms with Crippen molar-refractivity contribution in [2.45, 2.75) is 0 Å². The van der Waals surface area contributed by atoms with Gasteiger partial charge in [0, 0.05) is 0 Å². The molecule has 1 heterocycles. The molecule has 0 fully saturated rings. The van der Waals surface area contributed by atoms with Crippen LogP contribution in [0.15, 0.2) is 36.4 Å². The molecule has 2 aromatic rings. The maximum atomic E-state index is 11.9. The molecule has 18 heavy (non-hydrogen) atoms. The first kappa shape index (κ1) is 10.8. The Balaban J connectivity index is 2.35. The molecule has 0 N–H and O–H groups in total. The van der Waals surface area contributed by atoms with Crippen LogP contribution in [0.25, 0.3) is 10.8 Å². The van der Waals surface area contributed by atoms with Gasteiger partial charge >= 0.3 is 11.9 Å². The minimum absolute atomic E-state index is 0.0746. The highest BCUT2D eigenvalue weighted by Gasteiger charge is 2.18. The second kappa shape index (κ2) is 4.14. The molecule has 0 unspecified atom stereocenters. The van der Waals surface area contributed by atoms with Crippen LogP contribution in [0.2, 0.25) is 0 Å². The quantitative estimate of drug-likeness (QED) is 0.664. The third-order valence-electron chi connectivity index (χ3n) is 2.91. The van der Waals surface area contributed by atoms with Crippen molar-refractivity contribution in [1.29, 1.82) is 0 Å². The van der Waals surface area contributed by atoms with E-state index in [1.54, 1.807) is 36.4 Å². The van der Waals surface area contributed by atoms with Gasteiger partial charge in [-0.3, -0.25) is 0 Å². The molecule has 3 rings (SSSR count). The first-order chi connectivity index (χ1) is 8.77. The van der Waals surface area contributed by atoms with Gasteiger partial charge in [-0.15, -0.1) is 0 Å². The maximum absolute atomic E-state index is 11.9. The Morgan fingerprint density at radius 2 is 1.17 bits per heavy atom. The van der Waals surface area contributed by atoms with Crippen molar-refractivity contribution in [3.05, 3.63) is 47.5 Å². The SMILES string of the molecule is O=C1OCCOC(=O)c2cccc3c1cccc23. The average molecular weight is 242 g/mol. The average Bonchev–Trinajstić information content (AvgIpc) is 2.40. The lowest BCUT2D eigenvalue weighted by Crippen LogP contribution is -2.16. The number of hydrogen-bond acceptors (Lipinski definition) is 4. The van der Waals surface area contributed by atoms with Gasteiger partial charge in [0.05, 0.1) is 11.1 Å². The summed E-state index contributed by atoms with van der Waals surface area (Å²) in [4.78, 5) is 23.7. The number of rotatable bonds is 0. The Bertz CT molecular complexity index is 588. The van der Waals surface area contributed by atoms with Crippen LogP contribution in [0.4, 0.5) is 0 Å². The smallest absolute Gasteiger partial charge is 0.338 e. The normalized spacial score (nSPS) is 15.3. The molecular weight excluding hydrogens is 232 g/mol. The van der Waals surface area contributed by atoms with E-state index in [2.05, 4.69) is 0 Å². The fourth-order valence-corrected chi connectivity index (χ4v) is 2.09. The lowest BCUT2D eigenvalue weighted by atomic mass is 10.00. The number of benzene rings is 2. The summed E-state index contributed by atoms with van der Waals surface area (Å²) in [5.74, 6) is -0.786. The number of carbonyl (C=O) groups excluding carboxylic acids is 2. The molecule has 0 amide bonds. The standard InChI is InChI=1S/C14H10O4/c15-13-11-5-1-3-9-10(11)4-2-6-12(9)14(16)18-8-7-17-13/h1-6H,7-8H2. The predicted molar refractivity (Wildman–Crippen MR) is 64.5 cm³/mol. The van der Waals surface area contributed by atoms with Crippen LogP contribution in [0, 0.1) is 0 Å². The van der Waals surface area contributed by atoms with Crippen molar-refractivity contribution in [1.82, 2.24) is 0 Å². The largest absolute Gasteiger partial charge is 0.458 e. The van der Waals surface area contributed by atoms with Crippen LogP contribution in [0.5, 0.6) is 0 Å². The maximum Gasteiger partial charge on any atom is 0.338 e. The summed E-state index contributed by atoms with van der Waals surface area (Å²) in [5.41, 5.74) is 0.952. The molecular formula is C14H10O4. The van der Waals surface area contributed by atoms with Crippen molar-refractivity contribution < 1.29 is 19.1 Å². The third kappa shape index (κ3) is 1.62. The Morgan fingerprint density at radius 3 is 1.61 bits per heavy atom. The van der Waals surface area contributed by atoms with Crippen molar-refractivity contribution >= 4 is 22.7 Å². The van der Waals surface area contributed by atoms with E-state index < -0.39 is 11.9 Å². The summed E-state index contributed by atoms with van der Waals surface area (Å²) in [6, 6.07) is 10.5. The van der Waals surface area contributed by atoms with Crippen molar-refractivity contribution in [2.75, 3.05) is 13.2 Å². The van der Waals surface area contributed by atoms with Gasteiger partial charge in [0.15, 0.2) is 0 Å². The van der Waals surface area contributed by atoms with E-state index in [4.69, 9.17) is 9.47 Å². The molecule has 2 aromatic carbocycles. The molecule has 4 bridgehead atoms. The second-order valence-electron chi connectivity index (χ2n) is 3.98. The number of ether oxygens (including phenoxy) is 2. The minimum Gasteiger partial charge on any atom is -0.458 e.